The van der Waals surface area contributed by atoms with Crippen molar-refractivity contribution in [2.45, 2.75) is 0 Å². The van der Waals surface area contributed by atoms with Gasteiger partial charge in [0.25, 0.3) is 0 Å². The van der Waals surface area contributed by atoms with Gasteiger partial charge in [0.1, 0.15) is 0 Å². The molecule has 0 rings (SSSR count). The van der Waals surface area contributed by atoms with Crippen LogP contribution in [0.4, 0.5) is 0 Å². The normalized spacial score (nSPS) is 5.86. The molecule has 32 heteroatoms. The van der Waals surface area contributed by atoms with Gasteiger partial charge in [-0.1, -0.05) is 85.5 Å². The SMILES string of the molecule is C=CC(=O)[O-].C=CC(=O)[O-].C=CC(=O)[O-].C=CC(=O)[O-].C=CC(=O)[O-].C=CC(=O)[O-].C=CC(=O)[O-].C=CC(=O)[O-].C=CC(=O)[O-].C=CC(=O)[O-].C=CC(=O)[O-].C=CC(=O)[O-].C=CC(=O)[O-].[Ca+2].[Ca+2].[Ca+2].[I+].[Pb+2].[Ti+4]. The molecular formula is C39H39Ca3IO26PbTi. The van der Waals surface area contributed by atoms with Crippen LogP contribution in [0.25, 0.3) is 0 Å². The summed E-state index contributed by atoms with van der Waals surface area (Å²) in [5.41, 5.74) is 0. The summed E-state index contributed by atoms with van der Waals surface area (Å²) < 4.78 is 0. The second-order valence-electron chi connectivity index (χ2n) is 6.80. The van der Waals surface area contributed by atoms with E-state index in [-0.39, 0.29) is 186 Å². The monoisotopic (exact) mass is 1430 g/mol. The minimum Gasteiger partial charge on any atom is -0.545 e. The van der Waals surface area contributed by atoms with E-state index < -0.39 is 77.6 Å². The summed E-state index contributed by atoms with van der Waals surface area (Å²) in [7, 11) is 0. The van der Waals surface area contributed by atoms with Gasteiger partial charge in [0, 0.05) is 0 Å². The molecule has 0 aliphatic heterocycles. The van der Waals surface area contributed by atoms with Crippen molar-refractivity contribution in [3.8, 4) is 0 Å². The molecule has 0 aromatic rings. The molecule has 71 heavy (non-hydrogen) atoms. The molecule has 4 radical (unpaired) electrons. The van der Waals surface area contributed by atoms with E-state index in [0.29, 0.717) is 0 Å². The van der Waals surface area contributed by atoms with Gasteiger partial charge in [0.05, 0.1) is 77.6 Å². The zero-order chi connectivity index (χ0) is 55.7. The van der Waals surface area contributed by atoms with Gasteiger partial charge in [-0.15, -0.1) is 0 Å². The molecule has 0 aromatic carbocycles. The van der Waals surface area contributed by atoms with E-state index in [1.807, 2.05) is 0 Å². The molecule has 0 unspecified atom stereocenters. The van der Waals surface area contributed by atoms with E-state index in [0.717, 1.165) is 79.0 Å². The number of halogens is 1. The summed E-state index contributed by atoms with van der Waals surface area (Å²) in [4.78, 5) is 119. The van der Waals surface area contributed by atoms with E-state index in [1.165, 1.54) is 0 Å². The van der Waals surface area contributed by atoms with Gasteiger partial charge in [0.15, 0.2) is 0 Å². The van der Waals surface area contributed by atoms with Crippen LogP contribution >= 0.6 is 0 Å². The van der Waals surface area contributed by atoms with Crippen LogP contribution in [-0.4, -0.2) is 218 Å². The molecule has 0 aliphatic carbocycles. The molecule has 26 nitrogen and oxygen atoms in total. The molecular weight excluding hydrogens is 1390 g/mol. The van der Waals surface area contributed by atoms with E-state index >= 15 is 0 Å². The van der Waals surface area contributed by atoms with Gasteiger partial charge in [-0.05, 0) is 79.0 Å². The Morgan fingerprint density at radius 3 is 0.211 bits per heavy atom. The third kappa shape index (κ3) is 562. The van der Waals surface area contributed by atoms with E-state index in [9.17, 15) is 0 Å². The van der Waals surface area contributed by atoms with Crippen molar-refractivity contribution in [1.29, 1.82) is 0 Å². The fourth-order valence-corrected chi connectivity index (χ4v) is 0. The average Bonchev–Trinajstić information content (AvgIpc) is 3.25. The first kappa shape index (κ1) is 127. The Morgan fingerprint density at radius 1 is 0.197 bits per heavy atom. The molecule has 0 N–H and O–H groups in total. The standard InChI is InChI=1S/13C3H4O2.3Ca.I.Pb.Ti/c13*1-2-3(4)5;;;;;;/h13*2H,1H2,(H,4,5);;;;;;/q;;;;;;;;;;;;;3*+2;+1;+2;+4/p-13. The number of aliphatic carboxylic acids is 13. The third-order valence-electron chi connectivity index (χ3n) is 2.17. The largest absolute Gasteiger partial charge is 4.00 e. The fraction of sp³-hybridized carbons (Fsp3) is 0. The molecule has 0 saturated heterocycles. The molecule has 0 aromatic heterocycles. The summed E-state index contributed by atoms with van der Waals surface area (Å²) in [5, 5.41) is 119. The zero-order valence-electron chi connectivity index (χ0n) is 37.3. The smallest absolute Gasteiger partial charge is 0.545 e. The molecule has 0 amide bonds. The van der Waals surface area contributed by atoms with Crippen LogP contribution in [0.3, 0.4) is 0 Å². The third-order valence-corrected chi connectivity index (χ3v) is 2.17. The predicted octanol–water partition coefficient (Wildman–Crippen LogP) is -18.5. The minimum absolute atomic E-state index is 0. The minimum atomic E-state index is -1.23. The van der Waals surface area contributed by atoms with Gasteiger partial charge in [-0.3, -0.25) is 0 Å². The number of carboxylic acid groups (broad SMARTS) is 13. The van der Waals surface area contributed by atoms with Crippen molar-refractivity contribution in [1.82, 2.24) is 0 Å². The summed E-state index contributed by atoms with van der Waals surface area (Å²) in [6.45, 7) is 37.7. The molecule has 0 aliphatic rings. The van der Waals surface area contributed by atoms with Crippen LogP contribution in [-0.2, 0) is 84.0 Å². The Morgan fingerprint density at radius 2 is 0.211 bits per heavy atom. The molecule has 0 atom stereocenters. The van der Waals surface area contributed by atoms with Gasteiger partial charge < -0.3 is 129 Å². The van der Waals surface area contributed by atoms with Crippen molar-refractivity contribution >= 4 is 218 Å². The number of carbonyl (C=O) groups is 13. The average molecular weight is 1430 g/mol. The van der Waals surface area contributed by atoms with Gasteiger partial charge in [-0.2, -0.15) is 0 Å². The first-order valence-electron chi connectivity index (χ1n) is 14.4. The van der Waals surface area contributed by atoms with Crippen LogP contribution in [0, 0.1) is 0 Å². The maximum atomic E-state index is 9.14. The van der Waals surface area contributed by atoms with Crippen LogP contribution < -0.4 is 90.4 Å². The summed E-state index contributed by atoms with van der Waals surface area (Å²) >= 11 is 0. The molecule has 0 spiro atoms. The van der Waals surface area contributed by atoms with E-state index in [2.05, 4.69) is 85.5 Å². The van der Waals surface area contributed by atoms with Crippen molar-refractivity contribution in [2.75, 3.05) is 0 Å². The molecule has 0 bridgehead atoms. The molecule has 372 valence electrons. The van der Waals surface area contributed by atoms with Crippen LogP contribution in [0.2, 0.25) is 0 Å². The van der Waals surface area contributed by atoms with Crippen molar-refractivity contribution in [3.05, 3.63) is 165 Å². The second-order valence-corrected chi connectivity index (χ2v) is 6.80. The Kier molecular flexibility index (Phi) is 216. The number of hydrogen-bond acceptors (Lipinski definition) is 26. The van der Waals surface area contributed by atoms with Crippen LogP contribution in [0.5, 0.6) is 0 Å². The van der Waals surface area contributed by atoms with Crippen LogP contribution in [0.15, 0.2) is 165 Å². The number of rotatable bonds is 13. The quantitative estimate of drug-likeness (QED) is 0.0938. The summed E-state index contributed by atoms with van der Waals surface area (Å²) in [5.74, 6) is -16.0. The molecule has 0 saturated carbocycles. The fourth-order valence-electron chi connectivity index (χ4n) is 0. The molecule has 0 fully saturated rings. The maximum absolute atomic E-state index is 9.14. The maximum Gasteiger partial charge on any atom is 4.00 e. The van der Waals surface area contributed by atoms with Crippen molar-refractivity contribution in [2.24, 2.45) is 0 Å². The predicted molar refractivity (Wildman–Crippen MR) is 221 cm³/mol. The first-order chi connectivity index (χ1) is 29.5. The van der Waals surface area contributed by atoms with Crippen molar-refractivity contribution in [3.63, 3.8) is 0 Å². The zero-order valence-corrected chi connectivity index (χ0v) is 51.5. The number of carbonyl (C=O) groups excluding carboxylic acids is 13. The topological polar surface area (TPSA) is 522 Å². The van der Waals surface area contributed by atoms with Crippen molar-refractivity contribution < 1.29 is 174 Å². The summed E-state index contributed by atoms with van der Waals surface area (Å²) in [6.07, 6.45) is 9.39. The van der Waals surface area contributed by atoms with Gasteiger partial charge >= 0.3 is 186 Å². The molecule has 0 heterocycles. The number of carboxylic acids is 13. The Bertz CT molecular complexity index is 1200. The first-order valence-corrected chi connectivity index (χ1v) is 14.4. The van der Waals surface area contributed by atoms with E-state index in [1.54, 1.807) is 0 Å². The van der Waals surface area contributed by atoms with Gasteiger partial charge in [-0.25, -0.2) is 0 Å². The summed E-state index contributed by atoms with van der Waals surface area (Å²) in [6, 6.07) is 0. The van der Waals surface area contributed by atoms with E-state index in [4.69, 9.17) is 129 Å². The van der Waals surface area contributed by atoms with Crippen LogP contribution in [0.1, 0.15) is 0 Å². The Labute approximate surface area is 549 Å². The Hall–Kier alpha value is -4.12. The Balaban J connectivity index is -0.0000000241. The number of hydrogen-bond donors (Lipinski definition) is 0. The van der Waals surface area contributed by atoms with Gasteiger partial charge in [0.2, 0.25) is 0 Å². The second kappa shape index (κ2) is 121.